The maximum absolute atomic E-state index is 9.56. The van der Waals surface area contributed by atoms with Crippen LogP contribution in [0.1, 0.15) is 29.7 Å². The Hall–Kier alpha value is -2.36. The monoisotopic (exact) mass is 568 g/mol. The Labute approximate surface area is 214 Å². The zero-order valence-corrected chi connectivity index (χ0v) is 22.4. The normalized spacial score (nSPS) is 11.2. The lowest BCUT2D eigenvalue weighted by Gasteiger charge is -2.18. The van der Waals surface area contributed by atoms with Crippen molar-refractivity contribution in [3.05, 3.63) is 41.1 Å². The average Bonchev–Trinajstić information content (AvgIpc) is 3.11. The highest BCUT2D eigenvalue weighted by atomic mass is 127. The van der Waals surface area contributed by atoms with Crippen molar-refractivity contribution in [3.63, 3.8) is 0 Å². The van der Waals surface area contributed by atoms with Crippen molar-refractivity contribution in [2.75, 3.05) is 59.7 Å². The second kappa shape index (κ2) is 15.5. The molecule has 2 aromatic rings. The molecular weight excluding hydrogens is 531 g/mol. The number of nitrogens with one attached hydrogen (secondary N) is 2. The Morgan fingerprint density at radius 2 is 1.91 bits per heavy atom. The molecule has 1 heterocycles. The minimum atomic E-state index is 0. The van der Waals surface area contributed by atoms with E-state index >= 15 is 0 Å². The van der Waals surface area contributed by atoms with Gasteiger partial charge in [-0.25, -0.2) is 4.68 Å². The summed E-state index contributed by atoms with van der Waals surface area (Å²) < 4.78 is 6.73. The van der Waals surface area contributed by atoms with E-state index in [1.165, 1.54) is 0 Å². The van der Waals surface area contributed by atoms with Gasteiger partial charge in [0.1, 0.15) is 17.5 Å². The second-order valence-electron chi connectivity index (χ2n) is 7.75. The lowest BCUT2D eigenvalue weighted by molar-refractivity contribution is 0.180. The lowest BCUT2D eigenvalue weighted by Crippen LogP contribution is -2.41. The number of nitriles is 1. The molecule has 1 aromatic carbocycles. The summed E-state index contributed by atoms with van der Waals surface area (Å²) in [5.41, 5.74) is 9.37. The Kier molecular flexibility index (Phi) is 13.4. The minimum absolute atomic E-state index is 0. The first-order valence-corrected chi connectivity index (χ1v) is 11.0. The van der Waals surface area contributed by atoms with E-state index in [2.05, 4.69) is 38.7 Å². The number of nitrogens with two attached hydrogens (primary N) is 1. The van der Waals surface area contributed by atoms with Gasteiger partial charge < -0.3 is 26.0 Å². The highest BCUT2D eigenvalue weighted by Crippen LogP contribution is 2.21. The van der Waals surface area contributed by atoms with Gasteiger partial charge in [0, 0.05) is 46.9 Å². The van der Waals surface area contributed by atoms with Crippen LogP contribution in [0.25, 0.3) is 5.69 Å². The summed E-state index contributed by atoms with van der Waals surface area (Å²) in [6.45, 7) is 6.25. The van der Waals surface area contributed by atoms with Crippen LogP contribution in [0.4, 0.5) is 5.82 Å². The van der Waals surface area contributed by atoms with Crippen LogP contribution in [0.15, 0.2) is 29.3 Å². The summed E-state index contributed by atoms with van der Waals surface area (Å²) >= 11 is 0. The number of likely N-dealkylation sites (N-methyl/N-ethyl adjacent to an activating group) is 1. The van der Waals surface area contributed by atoms with Crippen molar-refractivity contribution in [1.29, 1.82) is 5.26 Å². The van der Waals surface area contributed by atoms with Gasteiger partial charge in [-0.1, -0.05) is 17.7 Å². The van der Waals surface area contributed by atoms with Crippen LogP contribution < -0.4 is 16.4 Å². The number of aryl methyl sites for hydroxylation is 2. The lowest BCUT2D eigenvalue weighted by atomic mass is 10.1. The molecule has 4 N–H and O–H groups in total. The summed E-state index contributed by atoms with van der Waals surface area (Å²) in [4.78, 5) is 6.53. The van der Waals surface area contributed by atoms with E-state index < -0.39 is 0 Å². The van der Waals surface area contributed by atoms with Crippen molar-refractivity contribution in [2.24, 2.45) is 4.99 Å². The first-order valence-electron chi connectivity index (χ1n) is 11.0. The maximum Gasteiger partial charge on any atom is 0.191 e. The Morgan fingerprint density at radius 1 is 1.21 bits per heavy atom. The number of ether oxygens (including phenoxy) is 1. The van der Waals surface area contributed by atoms with Crippen LogP contribution in [0, 0.1) is 18.3 Å². The molecule has 1 aromatic heterocycles. The molecule has 0 unspecified atom stereocenters. The van der Waals surface area contributed by atoms with Gasteiger partial charge in [-0.15, -0.1) is 24.0 Å². The summed E-state index contributed by atoms with van der Waals surface area (Å²) in [5.74, 6) is 1.15. The van der Waals surface area contributed by atoms with Gasteiger partial charge in [0.2, 0.25) is 0 Å². The molecule has 10 heteroatoms. The molecule has 2 rings (SSSR count). The number of nitrogens with zero attached hydrogens (tertiary/aromatic N) is 5. The number of methoxy groups -OCH3 is 1. The second-order valence-corrected chi connectivity index (χ2v) is 7.75. The number of halogens is 1. The fraction of sp³-hybridized carbons (Fsp3) is 0.522. The summed E-state index contributed by atoms with van der Waals surface area (Å²) in [5, 5.41) is 20.8. The number of hydrogen-bond acceptors (Lipinski definition) is 6. The van der Waals surface area contributed by atoms with E-state index in [1.807, 2.05) is 31.2 Å². The molecule has 0 amide bonds. The van der Waals surface area contributed by atoms with Crippen molar-refractivity contribution >= 4 is 35.8 Å². The van der Waals surface area contributed by atoms with Gasteiger partial charge in [-0.2, -0.15) is 10.4 Å². The van der Waals surface area contributed by atoms with Crippen molar-refractivity contribution in [1.82, 2.24) is 25.3 Å². The first-order chi connectivity index (χ1) is 15.5. The van der Waals surface area contributed by atoms with Gasteiger partial charge in [-0.3, -0.25) is 4.99 Å². The summed E-state index contributed by atoms with van der Waals surface area (Å²) in [6, 6.07) is 10.1. The van der Waals surface area contributed by atoms with Crippen LogP contribution in [-0.4, -0.2) is 74.6 Å². The standard InChI is InChI=1S/C23H36N8O.HI/c1-18-8-10-19(11-9-18)31-22(25)20(17-24)21(29-31)7-5-12-27-23(26-2)28-13-15-30(3)14-6-16-32-4;/h8-11H,5-7,12-16,25H2,1-4H3,(H2,26,27,28);1H. The molecule has 0 aliphatic rings. The third kappa shape index (κ3) is 9.19. The van der Waals surface area contributed by atoms with Gasteiger partial charge in [0.25, 0.3) is 0 Å². The van der Waals surface area contributed by atoms with Gasteiger partial charge >= 0.3 is 0 Å². The van der Waals surface area contributed by atoms with Gasteiger partial charge in [0.05, 0.1) is 11.4 Å². The summed E-state index contributed by atoms with van der Waals surface area (Å²) in [7, 11) is 5.58. The molecule has 33 heavy (non-hydrogen) atoms. The third-order valence-electron chi connectivity index (χ3n) is 5.16. The van der Waals surface area contributed by atoms with Crippen molar-refractivity contribution < 1.29 is 4.74 Å². The number of aliphatic imine (C=N–C) groups is 1. The number of aromatic nitrogens is 2. The molecular formula is C23H37IN8O. The molecule has 0 radical (unpaired) electrons. The molecule has 0 aliphatic heterocycles. The zero-order valence-electron chi connectivity index (χ0n) is 20.1. The number of nitrogen functional groups attached to an aromatic ring is 1. The zero-order chi connectivity index (χ0) is 23.3. The van der Waals surface area contributed by atoms with Crippen molar-refractivity contribution in [3.8, 4) is 11.8 Å². The topological polar surface area (TPSA) is 117 Å². The molecule has 0 saturated carbocycles. The van der Waals surface area contributed by atoms with Gasteiger partial charge in [-0.05, 0) is 45.4 Å². The molecule has 0 atom stereocenters. The first kappa shape index (κ1) is 28.7. The van der Waals surface area contributed by atoms with E-state index in [-0.39, 0.29) is 24.0 Å². The number of guanidine groups is 1. The predicted molar refractivity (Wildman–Crippen MR) is 145 cm³/mol. The third-order valence-corrected chi connectivity index (χ3v) is 5.16. The molecule has 0 fully saturated rings. The van der Waals surface area contributed by atoms with Crippen LogP contribution >= 0.6 is 24.0 Å². The molecule has 0 saturated heterocycles. The predicted octanol–water partition coefficient (Wildman–Crippen LogP) is 2.32. The molecule has 9 nitrogen and oxygen atoms in total. The highest BCUT2D eigenvalue weighted by Gasteiger charge is 2.16. The van der Waals surface area contributed by atoms with Crippen molar-refractivity contribution in [2.45, 2.75) is 26.2 Å². The van der Waals surface area contributed by atoms with E-state index in [1.54, 1.807) is 18.8 Å². The highest BCUT2D eigenvalue weighted by molar-refractivity contribution is 14.0. The molecule has 0 aliphatic carbocycles. The van der Waals surface area contributed by atoms with Gasteiger partial charge in [0.15, 0.2) is 5.96 Å². The Bertz CT molecular complexity index is 904. The van der Waals surface area contributed by atoms with Crippen LogP contribution in [0.3, 0.4) is 0 Å². The minimum Gasteiger partial charge on any atom is -0.385 e. The number of benzene rings is 1. The van der Waals surface area contributed by atoms with E-state index in [0.717, 1.165) is 56.3 Å². The average molecular weight is 569 g/mol. The van der Waals surface area contributed by atoms with E-state index in [0.29, 0.717) is 30.0 Å². The van der Waals surface area contributed by atoms with E-state index in [9.17, 15) is 5.26 Å². The van der Waals surface area contributed by atoms with Crippen LogP contribution in [-0.2, 0) is 11.2 Å². The quantitative estimate of drug-likeness (QED) is 0.156. The molecule has 182 valence electrons. The largest absolute Gasteiger partial charge is 0.385 e. The summed E-state index contributed by atoms with van der Waals surface area (Å²) in [6.07, 6.45) is 2.48. The Balaban J connectivity index is 0.00000544. The molecule has 0 bridgehead atoms. The number of hydrogen-bond donors (Lipinski definition) is 3. The fourth-order valence-corrected chi connectivity index (χ4v) is 3.30. The number of rotatable bonds is 12. The number of anilines is 1. The fourth-order valence-electron chi connectivity index (χ4n) is 3.30. The Morgan fingerprint density at radius 3 is 2.55 bits per heavy atom. The maximum atomic E-state index is 9.56. The smallest absolute Gasteiger partial charge is 0.191 e. The van der Waals surface area contributed by atoms with Crippen LogP contribution in [0.2, 0.25) is 0 Å². The van der Waals surface area contributed by atoms with Crippen LogP contribution in [0.5, 0.6) is 0 Å². The molecule has 0 spiro atoms. The SMILES string of the molecule is CN=C(NCCCc1nn(-c2ccc(C)cc2)c(N)c1C#N)NCCN(C)CCCOC.I. The van der Waals surface area contributed by atoms with E-state index in [4.69, 9.17) is 10.5 Å².